The Morgan fingerprint density at radius 3 is 2.65 bits per heavy atom. The summed E-state index contributed by atoms with van der Waals surface area (Å²) in [5.41, 5.74) is 1.30. The molecule has 0 aliphatic rings. The van der Waals surface area contributed by atoms with Crippen LogP contribution in [0.3, 0.4) is 0 Å². The number of benzene rings is 1. The van der Waals surface area contributed by atoms with Gasteiger partial charge in [-0.15, -0.1) is 5.10 Å². The fourth-order valence-electron chi connectivity index (χ4n) is 1.64. The average molecular weight is 274 g/mol. The lowest BCUT2D eigenvalue weighted by molar-refractivity contribution is -0.114. The van der Waals surface area contributed by atoms with Crippen LogP contribution in [0.15, 0.2) is 28.7 Å². The first kappa shape index (κ1) is 14.0. The van der Waals surface area contributed by atoms with Crippen molar-refractivity contribution < 1.29 is 9.21 Å². The van der Waals surface area contributed by atoms with Crippen molar-refractivity contribution in [3.63, 3.8) is 0 Å². The van der Waals surface area contributed by atoms with E-state index in [2.05, 4.69) is 20.8 Å². The van der Waals surface area contributed by atoms with Gasteiger partial charge in [0.2, 0.25) is 11.8 Å². The number of rotatable bonds is 3. The summed E-state index contributed by atoms with van der Waals surface area (Å²) in [6.45, 7) is 7.49. The predicted molar refractivity (Wildman–Crippen MR) is 77.4 cm³/mol. The van der Waals surface area contributed by atoms with E-state index in [9.17, 15) is 4.79 Å². The summed E-state index contributed by atoms with van der Waals surface area (Å²) in [6.07, 6.45) is 0. The van der Waals surface area contributed by atoms with Crippen LogP contribution in [-0.4, -0.2) is 21.6 Å². The number of aromatic nitrogens is 2. The molecular formula is C14H18N4O2. The Hall–Kier alpha value is -2.37. The molecule has 0 aliphatic carbocycles. The summed E-state index contributed by atoms with van der Waals surface area (Å²) >= 11 is 0. The van der Waals surface area contributed by atoms with E-state index >= 15 is 0 Å². The van der Waals surface area contributed by atoms with E-state index in [0.717, 1.165) is 5.56 Å². The van der Waals surface area contributed by atoms with Gasteiger partial charge in [0.1, 0.15) is 0 Å². The average Bonchev–Trinajstić information content (AvgIpc) is 2.74. The number of carbonyl (C=O) groups is 1. The van der Waals surface area contributed by atoms with Gasteiger partial charge in [-0.05, 0) is 39.0 Å². The molecule has 0 saturated heterocycles. The number of hydrogen-bond donors (Lipinski definition) is 2. The molecule has 6 nitrogen and oxygen atoms in total. The first-order valence-electron chi connectivity index (χ1n) is 6.33. The van der Waals surface area contributed by atoms with E-state index in [1.807, 2.05) is 32.9 Å². The monoisotopic (exact) mass is 274 g/mol. The topological polar surface area (TPSA) is 80.0 Å². The van der Waals surface area contributed by atoms with Crippen LogP contribution in [0.5, 0.6) is 0 Å². The third-order valence-electron chi connectivity index (χ3n) is 2.34. The second-order valence-electron chi connectivity index (χ2n) is 5.55. The molecule has 1 amide bonds. The normalized spacial score (nSPS) is 11.2. The van der Waals surface area contributed by atoms with Crippen molar-refractivity contribution in [3.05, 3.63) is 24.3 Å². The van der Waals surface area contributed by atoms with Gasteiger partial charge in [-0.25, -0.2) is 0 Å². The van der Waals surface area contributed by atoms with Crippen molar-refractivity contribution in [2.45, 2.75) is 33.2 Å². The zero-order valence-corrected chi connectivity index (χ0v) is 12.0. The zero-order valence-electron chi connectivity index (χ0n) is 12.0. The van der Waals surface area contributed by atoms with Crippen LogP contribution >= 0.6 is 0 Å². The molecule has 1 heterocycles. The van der Waals surface area contributed by atoms with Gasteiger partial charge in [-0.3, -0.25) is 4.79 Å². The second kappa shape index (κ2) is 5.32. The molecule has 0 unspecified atom stereocenters. The van der Waals surface area contributed by atoms with Crippen LogP contribution in [0.4, 0.5) is 11.7 Å². The van der Waals surface area contributed by atoms with Crippen LogP contribution in [0.25, 0.3) is 11.5 Å². The standard InChI is InChI=1S/C14H18N4O2/c1-9(19)15-11-7-5-6-10(8-11)12-17-18-13(20-12)16-14(2,3)4/h5-8H,1-4H3,(H,15,19)(H,16,18). The summed E-state index contributed by atoms with van der Waals surface area (Å²) < 4.78 is 5.56. The molecule has 6 heteroatoms. The van der Waals surface area contributed by atoms with Gasteiger partial charge in [0.25, 0.3) is 0 Å². The summed E-state index contributed by atoms with van der Waals surface area (Å²) in [5.74, 6) is 0.284. The highest BCUT2D eigenvalue weighted by molar-refractivity contribution is 5.89. The Bertz CT molecular complexity index is 614. The molecule has 1 aromatic heterocycles. The number of nitrogens with zero attached hydrogens (tertiary/aromatic N) is 2. The molecule has 0 saturated carbocycles. The highest BCUT2D eigenvalue weighted by Gasteiger charge is 2.15. The lowest BCUT2D eigenvalue weighted by Gasteiger charge is -2.17. The van der Waals surface area contributed by atoms with E-state index in [1.165, 1.54) is 6.92 Å². The molecule has 1 aromatic carbocycles. The highest BCUT2D eigenvalue weighted by Crippen LogP contribution is 2.24. The Labute approximate surface area is 117 Å². The molecule has 2 N–H and O–H groups in total. The van der Waals surface area contributed by atoms with Crippen molar-refractivity contribution in [3.8, 4) is 11.5 Å². The first-order valence-corrected chi connectivity index (χ1v) is 6.33. The van der Waals surface area contributed by atoms with Crippen molar-refractivity contribution >= 4 is 17.6 Å². The summed E-state index contributed by atoms with van der Waals surface area (Å²) in [7, 11) is 0. The molecule has 2 rings (SSSR count). The number of carbonyl (C=O) groups excluding carboxylic acids is 1. The summed E-state index contributed by atoms with van der Waals surface area (Å²) in [5, 5.41) is 13.8. The zero-order chi connectivity index (χ0) is 14.8. The second-order valence-corrected chi connectivity index (χ2v) is 5.55. The fraction of sp³-hybridized carbons (Fsp3) is 0.357. The fourth-order valence-corrected chi connectivity index (χ4v) is 1.64. The smallest absolute Gasteiger partial charge is 0.316 e. The van der Waals surface area contributed by atoms with Crippen molar-refractivity contribution in [1.29, 1.82) is 0 Å². The Kier molecular flexibility index (Phi) is 3.74. The van der Waals surface area contributed by atoms with Gasteiger partial charge < -0.3 is 15.1 Å². The van der Waals surface area contributed by atoms with E-state index in [0.29, 0.717) is 17.6 Å². The molecule has 2 aromatic rings. The maximum atomic E-state index is 11.0. The molecule has 0 spiro atoms. The van der Waals surface area contributed by atoms with Gasteiger partial charge in [-0.1, -0.05) is 11.2 Å². The van der Waals surface area contributed by atoms with Crippen LogP contribution < -0.4 is 10.6 Å². The maximum absolute atomic E-state index is 11.0. The molecular weight excluding hydrogens is 256 g/mol. The van der Waals surface area contributed by atoms with Gasteiger partial charge in [0, 0.05) is 23.7 Å². The molecule has 0 bridgehead atoms. The lowest BCUT2D eigenvalue weighted by Crippen LogP contribution is -2.26. The first-order chi connectivity index (χ1) is 9.33. The minimum atomic E-state index is -0.151. The van der Waals surface area contributed by atoms with Crippen molar-refractivity contribution in [1.82, 2.24) is 10.2 Å². The van der Waals surface area contributed by atoms with Crippen molar-refractivity contribution in [2.75, 3.05) is 10.6 Å². The largest absolute Gasteiger partial charge is 0.403 e. The number of anilines is 2. The molecule has 0 atom stereocenters. The van der Waals surface area contributed by atoms with E-state index in [1.54, 1.807) is 12.1 Å². The number of amides is 1. The Morgan fingerprint density at radius 2 is 2.00 bits per heavy atom. The van der Waals surface area contributed by atoms with Crippen molar-refractivity contribution in [2.24, 2.45) is 0 Å². The maximum Gasteiger partial charge on any atom is 0.316 e. The van der Waals surface area contributed by atoms with Gasteiger partial charge in [-0.2, -0.15) is 0 Å². The van der Waals surface area contributed by atoms with E-state index in [-0.39, 0.29) is 11.4 Å². The minimum Gasteiger partial charge on any atom is -0.403 e. The lowest BCUT2D eigenvalue weighted by atomic mass is 10.1. The quantitative estimate of drug-likeness (QED) is 0.899. The van der Waals surface area contributed by atoms with E-state index < -0.39 is 0 Å². The Morgan fingerprint density at radius 1 is 1.25 bits per heavy atom. The molecule has 0 fully saturated rings. The van der Waals surface area contributed by atoms with Crippen LogP contribution in [-0.2, 0) is 4.79 Å². The molecule has 20 heavy (non-hydrogen) atoms. The van der Waals surface area contributed by atoms with Crippen LogP contribution in [0.1, 0.15) is 27.7 Å². The Balaban J connectivity index is 2.21. The van der Waals surface area contributed by atoms with Gasteiger partial charge >= 0.3 is 6.01 Å². The highest BCUT2D eigenvalue weighted by atomic mass is 16.4. The number of nitrogens with one attached hydrogen (secondary N) is 2. The third-order valence-corrected chi connectivity index (χ3v) is 2.34. The van der Waals surface area contributed by atoms with Crippen LogP contribution in [0.2, 0.25) is 0 Å². The predicted octanol–water partition coefficient (Wildman–Crippen LogP) is 2.91. The van der Waals surface area contributed by atoms with Crippen LogP contribution in [0, 0.1) is 0 Å². The third kappa shape index (κ3) is 3.81. The van der Waals surface area contributed by atoms with Gasteiger partial charge in [0.15, 0.2) is 0 Å². The molecule has 106 valence electrons. The number of hydrogen-bond acceptors (Lipinski definition) is 5. The summed E-state index contributed by atoms with van der Waals surface area (Å²) in [4.78, 5) is 11.0. The minimum absolute atomic E-state index is 0.122. The SMILES string of the molecule is CC(=O)Nc1cccc(-c2nnc(NC(C)(C)C)o2)c1. The molecule has 0 radical (unpaired) electrons. The summed E-state index contributed by atoms with van der Waals surface area (Å²) in [6, 6.07) is 7.63. The van der Waals surface area contributed by atoms with Gasteiger partial charge in [0.05, 0.1) is 0 Å². The van der Waals surface area contributed by atoms with E-state index in [4.69, 9.17) is 4.42 Å². The molecule has 0 aliphatic heterocycles.